The Kier molecular flexibility index (Phi) is 6.54. The molecule has 21 heavy (non-hydrogen) atoms. The predicted molar refractivity (Wildman–Crippen MR) is 93.8 cm³/mol. The zero-order valence-corrected chi connectivity index (χ0v) is 13.6. The van der Waals surface area contributed by atoms with E-state index in [0.717, 1.165) is 22.7 Å². The number of nitrogens with one attached hydrogen (secondary N) is 1. The third-order valence-electron chi connectivity index (χ3n) is 3.60. The largest absolute Gasteiger partial charge is 0.382 e. The van der Waals surface area contributed by atoms with Crippen LogP contribution in [0.15, 0.2) is 30.3 Å². The molecule has 0 saturated heterocycles. The molecule has 0 bridgehead atoms. The van der Waals surface area contributed by atoms with E-state index in [-0.39, 0.29) is 0 Å². The van der Waals surface area contributed by atoms with Gasteiger partial charge in [-0.25, -0.2) is 0 Å². The quantitative estimate of drug-likeness (QED) is 0.629. The van der Waals surface area contributed by atoms with Gasteiger partial charge in [0.15, 0.2) is 0 Å². The van der Waals surface area contributed by atoms with E-state index in [2.05, 4.69) is 28.7 Å². The lowest BCUT2D eigenvalue weighted by atomic mass is 10.1. The first-order valence-corrected chi connectivity index (χ1v) is 8.64. The third-order valence-corrected chi connectivity index (χ3v) is 4.42. The second-order valence-corrected chi connectivity index (χ2v) is 6.11. The Hall–Kier alpha value is -1.55. The minimum atomic E-state index is 0.622. The molecule has 0 aliphatic rings. The van der Waals surface area contributed by atoms with Gasteiger partial charge < -0.3 is 11.1 Å². The van der Waals surface area contributed by atoms with Crippen LogP contribution in [-0.2, 0) is 0 Å². The monoisotopic (exact) mass is 303 g/mol. The van der Waals surface area contributed by atoms with Gasteiger partial charge in [-0.3, -0.25) is 0 Å². The molecular weight excluding hydrogens is 278 g/mol. The van der Waals surface area contributed by atoms with Crippen molar-refractivity contribution in [1.82, 2.24) is 4.37 Å². The summed E-state index contributed by atoms with van der Waals surface area (Å²) < 4.78 is 4.29. The van der Waals surface area contributed by atoms with Crippen LogP contribution in [0.25, 0.3) is 11.1 Å². The molecule has 0 saturated carbocycles. The van der Waals surface area contributed by atoms with Crippen LogP contribution in [0, 0.1) is 0 Å². The van der Waals surface area contributed by atoms with Crippen LogP contribution in [0.4, 0.5) is 10.8 Å². The Bertz CT molecular complexity index is 522. The Morgan fingerprint density at radius 1 is 1.05 bits per heavy atom. The Labute approximate surface area is 131 Å². The number of anilines is 2. The van der Waals surface area contributed by atoms with Gasteiger partial charge in [0.1, 0.15) is 10.8 Å². The summed E-state index contributed by atoms with van der Waals surface area (Å²) in [6, 6.07) is 10.2. The van der Waals surface area contributed by atoms with Crippen molar-refractivity contribution in [3.63, 3.8) is 0 Å². The van der Waals surface area contributed by atoms with Gasteiger partial charge in [-0.05, 0) is 23.5 Å². The molecule has 0 fully saturated rings. The first kappa shape index (κ1) is 15.8. The lowest BCUT2D eigenvalue weighted by molar-refractivity contribution is 0.617. The van der Waals surface area contributed by atoms with E-state index in [1.165, 1.54) is 50.1 Å². The number of aromatic nitrogens is 1. The first-order valence-electron chi connectivity index (χ1n) is 7.87. The van der Waals surface area contributed by atoms with E-state index in [0.29, 0.717) is 5.82 Å². The van der Waals surface area contributed by atoms with Crippen LogP contribution in [-0.4, -0.2) is 10.9 Å². The van der Waals surface area contributed by atoms with Crippen molar-refractivity contribution in [3.8, 4) is 11.1 Å². The van der Waals surface area contributed by atoms with Crippen LogP contribution in [0.5, 0.6) is 0 Å². The molecular formula is C17H25N3S. The summed E-state index contributed by atoms with van der Waals surface area (Å²) in [7, 11) is 0. The molecule has 0 unspecified atom stereocenters. The summed E-state index contributed by atoms with van der Waals surface area (Å²) in [6.07, 6.45) is 7.86. The summed E-state index contributed by atoms with van der Waals surface area (Å²) in [5.74, 6) is 0.622. The fourth-order valence-corrected chi connectivity index (χ4v) is 3.18. The van der Waals surface area contributed by atoms with Crippen molar-refractivity contribution in [2.24, 2.45) is 0 Å². The molecule has 0 amide bonds. The summed E-state index contributed by atoms with van der Waals surface area (Å²) in [4.78, 5) is 0. The number of nitrogens with two attached hydrogens (primary N) is 1. The maximum Gasteiger partial charge on any atom is 0.147 e. The molecule has 3 nitrogen and oxygen atoms in total. The molecule has 0 radical (unpaired) electrons. The highest BCUT2D eigenvalue weighted by molar-refractivity contribution is 7.11. The number of nitrogens with zero attached hydrogens (tertiary/aromatic N) is 1. The maximum absolute atomic E-state index is 6.02. The number of nitrogen functional groups attached to an aromatic ring is 1. The van der Waals surface area contributed by atoms with Crippen LogP contribution < -0.4 is 11.1 Å². The van der Waals surface area contributed by atoms with Gasteiger partial charge in [-0.15, -0.1) is 0 Å². The van der Waals surface area contributed by atoms with Crippen LogP contribution in [0.1, 0.15) is 45.4 Å². The van der Waals surface area contributed by atoms with Crippen molar-refractivity contribution in [2.45, 2.75) is 45.4 Å². The smallest absolute Gasteiger partial charge is 0.147 e. The van der Waals surface area contributed by atoms with Crippen LogP contribution in [0.3, 0.4) is 0 Å². The first-order chi connectivity index (χ1) is 10.3. The van der Waals surface area contributed by atoms with E-state index < -0.39 is 0 Å². The standard InChI is InChI=1S/C17H25N3S/c1-2-3-4-5-6-10-13-19-17-15(16(18)20-21-17)14-11-8-7-9-12-14/h7-9,11-12,19H,2-6,10,13H2,1H3,(H2,18,20). The van der Waals surface area contributed by atoms with E-state index in [9.17, 15) is 0 Å². The maximum atomic E-state index is 6.02. The SMILES string of the molecule is CCCCCCCCNc1snc(N)c1-c1ccccc1. The minimum absolute atomic E-state index is 0.622. The van der Waals surface area contributed by atoms with Gasteiger partial charge in [-0.1, -0.05) is 69.4 Å². The van der Waals surface area contributed by atoms with E-state index >= 15 is 0 Å². The average molecular weight is 303 g/mol. The molecule has 2 aromatic rings. The van der Waals surface area contributed by atoms with Gasteiger partial charge in [0.05, 0.1) is 5.56 Å². The van der Waals surface area contributed by atoms with Crippen molar-refractivity contribution in [3.05, 3.63) is 30.3 Å². The van der Waals surface area contributed by atoms with Gasteiger partial charge in [0, 0.05) is 6.54 Å². The lowest BCUT2D eigenvalue weighted by Gasteiger charge is -2.07. The van der Waals surface area contributed by atoms with Crippen molar-refractivity contribution in [1.29, 1.82) is 0 Å². The highest BCUT2D eigenvalue weighted by Crippen LogP contribution is 2.36. The fourth-order valence-electron chi connectivity index (χ4n) is 2.41. The predicted octanol–water partition coefficient (Wildman–Crippen LogP) is 5.16. The highest BCUT2D eigenvalue weighted by atomic mass is 32.1. The number of unbranched alkanes of at least 4 members (excludes halogenated alkanes) is 5. The molecule has 0 aliphatic heterocycles. The van der Waals surface area contributed by atoms with Crippen molar-refractivity contribution in [2.75, 3.05) is 17.6 Å². The number of hydrogen-bond acceptors (Lipinski definition) is 4. The Morgan fingerprint density at radius 3 is 2.52 bits per heavy atom. The van der Waals surface area contributed by atoms with E-state index in [1.807, 2.05) is 18.2 Å². The van der Waals surface area contributed by atoms with Crippen molar-refractivity contribution < 1.29 is 0 Å². The summed E-state index contributed by atoms with van der Waals surface area (Å²) >= 11 is 1.46. The Balaban J connectivity index is 1.84. The zero-order valence-electron chi connectivity index (χ0n) is 12.8. The summed E-state index contributed by atoms with van der Waals surface area (Å²) in [6.45, 7) is 3.24. The summed E-state index contributed by atoms with van der Waals surface area (Å²) in [5, 5.41) is 4.59. The molecule has 3 N–H and O–H groups in total. The van der Waals surface area contributed by atoms with E-state index in [4.69, 9.17) is 5.73 Å². The zero-order chi connectivity index (χ0) is 14.9. The summed E-state index contributed by atoms with van der Waals surface area (Å²) in [5.41, 5.74) is 8.20. The molecule has 1 aromatic heterocycles. The normalized spacial score (nSPS) is 10.7. The highest BCUT2D eigenvalue weighted by Gasteiger charge is 2.12. The second kappa shape index (κ2) is 8.67. The van der Waals surface area contributed by atoms with Crippen molar-refractivity contribution >= 4 is 22.4 Å². The molecule has 4 heteroatoms. The molecule has 0 aliphatic carbocycles. The van der Waals surface area contributed by atoms with Gasteiger partial charge in [0.25, 0.3) is 0 Å². The molecule has 0 atom stereocenters. The number of rotatable bonds is 9. The molecule has 1 heterocycles. The molecule has 0 spiro atoms. The molecule has 1 aromatic carbocycles. The second-order valence-electron chi connectivity index (χ2n) is 5.33. The van der Waals surface area contributed by atoms with Crippen LogP contribution in [0.2, 0.25) is 0 Å². The van der Waals surface area contributed by atoms with Crippen LogP contribution >= 0.6 is 11.5 Å². The molecule has 114 valence electrons. The van der Waals surface area contributed by atoms with Gasteiger partial charge >= 0.3 is 0 Å². The Morgan fingerprint density at radius 2 is 1.76 bits per heavy atom. The fraction of sp³-hybridized carbons (Fsp3) is 0.471. The average Bonchev–Trinajstić information content (AvgIpc) is 2.88. The molecule has 2 rings (SSSR count). The third kappa shape index (κ3) is 4.74. The number of benzene rings is 1. The number of hydrogen-bond donors (Lipinski definition) is 2. The topological polar surface area (TPSA) is 50.9 Å². The van der Waals surface area contributed by atoms with Gasteiger partial charge in [-0.2, -0.15) is 4.37 Å². The minimum Gasteiger partial charge on any atom is -0.382 e. The lowest BCUT2D eigenvalue weighted by Crippen LogP contribution is -2.01. The van der Waals surface area contributed by atoms with Gasteiger partial charge in [0.2, 0.25) is 0 Å². The van der Waals surface area contributed by atoms with E-state index in [1.54, 1.807) is 0 Å².